The monoisotopic (exact) mass is 369 g/mol. The third kappa shape index (κ3) is 3.43. The van der Waals surface area contributed by atoms with Crippen molar-refractivity contribution in [2.45, 2.75) is 18.4 Å². The Kier molecular flexibility index (Phi) is 4.63. The van der Waals surface area contributed by atoms with Gasteiger partial charge in [0.05, 0.1) is 0 Å². The average Bonchev–Trinajstić information content (AvgIpc) is 3.12. The van der Waals surface area contributed by atoms with E-state index >= 15 is 0 Å². The van der Waals surface area contributed by atoms with Crippen LogP contribution in [0, 0.1) is 5.82 Å². The number of carbonyl (C=O) groups is 1. The van der Waals surface area contributed by atoms with Gasteiger partial charge >= 0.3 is 0 Å². The van der Waals surface area contributed by atoms with Crippen LogP contribution >= 0.6 is 0 Å². The third-order valence-electron chi connectivity index (χ3n) is 4.95. The molecule has 1 fully saturated rings. The van der Waals surface area contributed by atoms with E-state index in [2.05, 4.69) is 15.6 Å². The van der Waals surface area contributed by atoms with E-state index in [1.54, 1.807) is 37.4 Å². The van der Waals surface area contributed by atoms with E-state index in [-0.39, 0.29) is 11.7 Å². The first-order valence-electron chi connectivity index (χ1n) is 8.83. The van der Waals surface area contributed by atoms with Crippen molar-refractivity contribution >= 4 is 22.7 Å². The number of nitrogens with zero attached hydrogens (tertiary/aromatic N) is 1. The first-order chi connectivity index (χ1) is 13.1. The summed E-state index contributed by atoms with van der Waals surface area (Å²) in [5.41, 5.74) is 1.69. The van der Waals surface area contributed by atoms with Gasteiger partial charge in [-0.3, -0.25) is 4.79 Å². The Morgan fingerprint density at radius 2 is 1.96 bits per heavy atom. The van der Waals surface area contributed by atoms with Gasteiger partial charge < -0.3 is 19.8 Å². The van der Waals surface area contributed by atoms with Crippen LogP contribution in [0.15, 0.2) is 46.9 Å². The molecule has 2 heterocycles. The lowest BCUT2D eigenvalue weighted by Gasteiger charge is -2.34. The SMILES string of the molecule is COC1(C(=O)Nc2ccc3nc(-c4ccc(F)cc4)oc3c2)CCNCC1. The number of oxazole rings is 1. The topological polar surface area (TPSA) is 76.4 Å². The molecule has 4 rings (SSSR count). The van der Waals surface area contributed by atoms with E-state index in [9.17, 15) is 9.18 Å². The molecule has 0 saturated carbocycles. The zero-order chi connectivity index (χ0) is 18.9. The predicted molar refractivity (Wildman–Crippen MR) is 99.9 cm³/mol. The van der Waals surface area contributed by atoms with E-state index in [0.717, 1.165) is 13.1 Å². The van der Waals surface area contributed by atoms with Crippen LogP contribution in [0.4, 0.5) is 10.1 Å². The van der Waals surface area contributed by atoms with Crippen LogP contribution in [-0.4, -0.2) is 36.7 Å². The second kappa shape index (κ2) is 7.09. The molecule has 0 atom stereocenters. The summed E-state index contributed by atoms with van der Waals surface area (Å²) in [5.74, 6) is -0.0749. The molecule has 6 nitrogen and oxygen atoms in total. The molecule has 0 radical (unpaired) electrons. The molecule has 0 bridgehead atoms. The standard InChI is InChI=1S/C20H20FN3O3/c1-26-20(8-10-22-11-9-20)19(25)23-15-6-7-16-17(12-15)27-18(24-16)13-2-4-14(21)5-3-13/h2-7,12,22H,8-11H2,1H3,(H,23,25). The zero-order valence-corrected chi connectivity index (χ0v) is 14.9. The number of hydrogen-bond donors (Lipinski definition) is 2. The van der Waals surface area contributed by atoms with Gasteiger partial charge in [0, 0.05) is 24.4 Å². The fourth-order valence-electron chi connectivity index (χ4n) is 3.32. The van der Waals surface area contributed by atoms with Gasteiger partial charge in [-0.1, -0.05) is 0 Å². The van der Waals surface area contributed by atoms with E-state index in [0.29, 0.717) is 41.1 Å². The number of fused-ring (bicyclic) bond motifs is 1. The molecule has 0 aliphatic carbocycles. The Morgan fingerprint density at radius 1 is 1.22 bits per heavy atom. The number of anilines is 1. The number of methoxy groups -OCH3 is 1. The van der Waals surface area contributed by atoms with E-state index in [1.807, 2.05) is 0 Å². The number of hydrogen-bond acceptors (Lipinski definition) is 5. The van der Waals surface area contributed by atoms with Crippen LogP contribution in [0.25, 0.3) is 22.6 Å². The van der Waals surface area contributed by atoms with Crippen LogP contribution in [0.3, 0.4) is 0 Å². The minimum absolute atomic E-state index is 0.163. The maximum atomic E-state index is 13.1. The molecule has 7 heteroatoms. The van der Waals surface area contributed by atoms with Crippen molar-refractivity contribution in [3.8, 4) is 11.5 Å². The molecular weight excluding hydrogens is 349 g/mol. The predicted octanol–water partition coefficient (Wildman–Crippen LogP) is 3.34. The van der Waals surface area contributed by atoms with E-state index in [1.165, 1.54) is 12.1 Å². The summed E-state index contributed by atoms with van der Waals surface area (Å²) in [5, 5.41) is 6.15. The highest BCUT2D eigenvalue weighted by Crippen LogP contribution is 2.28. The van der Waals surface area contributed by atoms with Gasteiger partial charge in [0.1, 0.15) is 16.9 Å². The molecule has 27 heavy (non-hydrogen) atoms. The van der Waals surface area contributed by atoms with Crippen LogP contribution in [0.5, 0.6) is 0 Å². The molecule has 0 spiro atoms. The summed E-state index contributed by atoms with van der Waals surface area (Å²) in [7, 11) is 1.57. The fraction of sp³-hybridized carbons (Fsp3) is 0.300. The lowest BCUT2D eigenvalue weighted by Crippen LogP contribution is -2.51. The smallest absolute Gasteiger partial charge is 0.256 e. The molecule has 1 aliphatic heterocycles. The molecule has 3 aromatic rings. The maximum absolute atomic E-state index is 13.1. The second-order valence-electron chi connectivity index (χ2n) is 6.61. The number of rotatable bonds is 4. The molecule has 2 aromatic carbocycles. The number of nitrogens with one attached hydrogen (secondary N) is 2. The molecule has 1 aliphatic rings. The van der Waals surface area contributed by atoms with Crippen LogP contribution in [0.1, 0.15) is 12.8 Å². The highest BCUT2D eigenvalue weighted by atomic mass is 19.1. The number of carbonyl (C=O) groups excluding carboxylic acids is 1. The van der Waals surface area contributed by atoms with Crippen molar-refractivity contribution in [3.63, 3.8) is 0 Å². The highest BCUT2D eigenvalue weighted by molar-refractivity contribution is 5.98. The quantitative estimate of drug-likeness (QED) is 0.738. The van der Waals surface area contributed by atoms with Crippen LogP contribution in [-0.2, 0) is 9.53 Å². The van der Waals surface area contributed by atoms with Crippen LogP contribution in [0.2, 0.25) is 0 Å². The number of amides is 1. The highest BCUT2D eigenvalue weighted by Gasteiger charge is 2.39. The first-order valence-corrected chi connectivity index (χ1v) is 8.83. The van der Waals surface area contributed by atoms with Crippen molar-refractivity contribution in [2.24, 2.45) is 0 Å². The third-order valence-corrected chi connectivity index (χ3v) is 4.95. The Bertz CT molecular complexity index is 962. The van der Waals surface area contributed by atoms with Crippen molar-refractivity contribution in [1.82, 2.24) is 10.3 Å². The summed E-state index contributed by atoms with van der Waals surface area (Å²) in [6.07, 6.45) is 1.24. The van der Waals surface area contributed by atoms with Crippen molar-refractivity contribution in [2.75, 3.05) is 25.5 Å². The lowest BCUT2D eigenvalue weighted by atomic mass is 9.91. The molecule has 0 unspecified atom stereocenters. The molecule has 2 N–H and O–H groups in total. The van der Waals surface area contributed by atoms with Crippen molar-refractivity contribution in [3.05, 3.63) is 48.3 Å². The number of benzene rings is 2. The second-order valence-corrected chi connectivity index (χ2v) is 6.61. The Hall–Kier alpha value is -2.77. The minimum Gasteiger partial charge on any atom is -0.436 e. The van der Waals surface area contributed by atoms with Gasteiger partial charge in [0.25, 0.3) is 5.91 Å². The van der Waals surface area contributed by atoms with Gasteiger partial charge in [0.2, 0.25) is 5.89 Å². The molecule has 140 valence electrons. The summed E-state index contributed by atoms with van der Waals surface area (Å²) in [6.45, 7) is 1.48. The first kappa shape index (κ1) is 17.6. The van der Waals surface area contributed by atoms with Gasteiger partial charge in [-0.2, -0.15) is 0 Å². The van der Waals surface area contributed by atoms with E-state index < -0.39 is 5.60 Å². The number of halogens is 1. The maximum Gasteiger partial charge on any atom is 0.256 e. The molecular formula is C20H20FN3O3. The summed E-state index contributed by atoms with van der Waals surface area (Å²) >= 11 is 0. The van der Waals surface area contributed by atoms with Crippen LogP contribution < -0.4 is 10.6 Å². The van der Waals surface area contributed by atoms with Gasteiger partial charge in [-0.25, -0.2) is 9.37 Å². The Labute approximate surface area is 155 Å². The summed E-state index contributed by atoms with van der Waals surface area (Å²) in [4.78, 5) is 17.2. The van der Waals surface area contributed by atoms with Crippen molar-refractivity contribution in [1.29, 1.82) is 0 Å². The van der Waals surface area contributed by atoms with Crippen molar-refractivity contribution < 1.29 is 18.3 Å². The normalized spacial score (nSPS) is 16.4. The number of piperidine rings is 1. The van der Waals surface area contributed by atoms with Gasteiger partial charge in [-0.05, 0) is 62.3 Å². The number of aromatic nitrogens is 1. The summed E-state index contributed by atoms with van der Waals surface area (Å²) < 4.78 is 24.4. The van der Waals surface area contributed by atoms with Gasteiger partial charge in [-0.15, -0.1) is 0 Å². The zero-order valence-electron chi connectivity index (χ0n) is 14.9. The fourth-order valence-corrected chi connectivity index (χ4v) is 3.32. The van der Waals surface area contributed by atoms with Gasteiger partial charge in [0.15, 0.2) is 5.58 Å². The number of ether oxygens (including phenoxy) is 1. The minimum atomic E-state index is -0.819. The Morgan fingerprint density at radius 3 is 2.67 bits per heavy atom. The molecule has 1 aromatic heterocycles. The Balaban J connectivity index is 1.58. The molecule has 1 amide bonds. The summed E-state index contributed by atoms with van der Waals surface area (Å²) in [6, 6.07) is 11.2. The largest absolute Gasteiger partial charge is 0.436 e. The lowest BCUT2D eigenvalue weighted by molar-refractivity contribution is -0.140. The molecule has 1 saturated heterocycles. The van der Waals surface area contributed by atoms with E-state index in [4.69, 9.17) is 9.15 Å². The average molecular weight is 369 g/mol.